The van der Waals surface area contributed by atoms with Crippen LogP contribution in [0, 0.1) is 228 Å². The number of hydrogen-bond donors (Lipinski definition) is 0. The lowest BCUT2D eigenvalue weighted by Crippen LogP contribution is -3.68. The van der Waals surface area contributed by atoms with Gasteiger partial charge in [-0.15, -0.1) is 0 Å². The Morgan fingerprint density at radius 3 is 1.25 bits per heavy atom. The summed E-state index contributed by atoms with van der Waals surface area (Å²) in [5.74, 6) is 13.5. The molecule has 40 unspecified atom stereocenters. The molecule has 40 atom stereocenters. The van der Waals surface area contributed by atoms with Crippen LogP contribution in [0.4, 0.5) is 0 Å². The van der Waals surface area contributed by atoms with E-state index < -0.39 is 0 Å². The third-order valence-corrected chi connectivity index (χ3v) is 45.5. The van der Waals surface area contributed by atoms with Gasteiger partial charge in [0.15, 0.2) is 0 Å². The van der Waals surface area contributed by atoms with E-state index in [1.54, 1.807) is 6.42 Å². The lowest BCUT2D eigenvalue weighted by molar-refractivity contribution is -1.24. The van der Waals surface area contributed by atoms with E-state index in [1.165, 1.54) is 53.3 Å². The van der Waals surface area contributed by atoms with Gasteiger partial charge in [0.05, 0.1) is 0 Å². The van der Waals surface area contributed by atoms with Crippen molar-refractivity contribution in [2.24, 2.45) is 228 Å². The molecule has 272 valence electrons. The van der Waals surface area contributed by atoms with Gasteiger partial charge in [-0.2, -0.15) is 0 Å². The van der Waals surface area contributed by atoms with E-state index in [4.69, 9.17) is 0 Å². The van der Waals surface area contributed by atoms with Crippen molar-refractivity contribution in [3.05, 3.63) is 0 Å². The Morgan fingerprint density at radius 2 is 0.673 bits per heavy atom. The molecule has 30 saturated carbocycles. The summed E-state index contributed by atoms with van der Waals surface area (Å²) in [6.07, 6.45) is 1.79. The molecule has 0 N–H and O–H groups in total. The Kier molecular flexibility index (Phi) is 1.37. The Hall–Kier alpha value is 0. The number of rotatable bonds is 0. The molecule has 0 nitrogen and oxygen atoms in total. The molecule has 0 aromatic heterocycles. The molecule has 55 heavy (non-hydrogen) atoms. The Labute approximate surface area is 322 Å². The maximum Gasteiger partial charge on any atom is -0.0000614 e. The average Bonchev–Trinajstić information content (AvgIpc) is 3.08. The summed E-state index contributed by atoms with van der Waals surface area (Å²) in [6.45, 7) is 40.4. The predicted octanol–water partition coefficient (Wildman–Crippen LogP) is 8.41. The molecule has 0 radical (unpaired) electrons. The zero-order chi connectivity index (χ0) is 35.1. The van der Waals surface area contributed by atoms with Gasteiger partial charge in [-0.1, -0.05) is 90.0 Å². The fraction of sp³-hybridized carbons (Fsp3) is 1.00. The SMILES string of the molecule is CC1C2C3C4C5C6CC7C8C9C%10C(C)C%11(C)C%12(C)C%13(C)C%14(C)C%15(C)C(C)(C)C%16(C)C%17(C)C%18(C)C1(C)C21C32C43C54C76C85C96C%10%11C%127C%138C%149C%16%15C%17%10C%181C21C32C54C67C82C%1091. The highest BCUT2D eigenvalue weighted by Crippen LogP contribution is 3.72. The van der Waals surface area contributed by atoms with Gasteiger partial charge in [0.2, 0.25) is 0 Å². The Bertz CT molecular complexity index is 3310. The molecule has 30 fully saturated rings. The third kappa shape index (κ3) is 0.488. The Balaban J connectivity index is 0.909. The molecule has 0 aromatic carbocycles. The third-order valence-electron chi connectivity index (χ3n) is 45.5. The van der Waals surface area contributed by atoms with Gasteiger partial charge in [-0.25, -0.2) is 0 Å². The van der Waals surface area contributed by atoms with Crippen molar-refractivity contribution in [1.29, 1.82) is 0 Å². The van der Waals surface area contributed by atoms with Crippen LogP contribution in [0.5, 0.6) is 0 Å². The molecule has 0 saturated heterocycles. The Morgan fingerprint density at radius 1 is 0.291 bits per heavy atom. The maximum atomic E-state index is 3.24. The fourth-order valence-electron chi connectivity index (χ4n) is 54.7. The van der Waals surface area contributed by atoms with Crippen LogP contribution in [0.3, 0.4) is 0 Å². The molecular weight excluding hydrogens is 661 g/mol. The highest BCUT2D eigenvalue weighted by atomic mass is 15.7. The minimum atomic E-state index is 0.455. The first kappa shape index (κ1) is 22.7. The van der Waals surface area contributed by atoms with Crippen LogP contribution in [-0.2, 0) is 0 Å². The van der Waals surface area contributed by atoms with E-state index in [2.05, 4.69) is 90.0 Å². The van der Waals surface area contributed by atoms with E-state index in [1.807, 2.05) is 0 Å². The van der Waals surface area contributed by atoms with Crippen LogP contribution in [0.25, 0.3) is 0 Å². The molecule has 20 spiro atoms. The summed E-state index contributed by atoms with van der Waals surface area (Å²) >= 11 is 0. The largest absolute Gasteiger partial charge is 0.0616 e. The first-order valence-corrected chi connectivity index (χ1v) is 25.9. The molecular formula is C55H52. The van der Waals surface area contributed by atoms with E-state index in [9.17, 15) is 0 Å². The van der Waals surface area contributed by atoms with Gasteiger partial charge in [0.1, 0.15) is 0 Å². The maximum absolute atomic E-state index is 3.24. The van der Waals surface area contributed by atoms with Gasteiger partial charge in [-0.05, 0) is 234 Å². The second-order valence-corrected chi connectivity index (χ2v) is 34.1. The van der Waals surface area contributed by atoms with Gasteiger partial charge >= 0.3 is 0 Å². The van der Waals surface area contributed by atoms with Crippen molar-refractivity contribution in [1.82, 2.24) is 0 Å². The van der Waals surface area contributed by atoms with Crippen molar-refractivity contribution >= 4 is 0 Å². The molecule has 0 heterocycles. The van der Waals surface area contributed by atoms with Crippen LogP contribution in [0.2, 0.25) is 0 Å². The van der Waals surface area contributed by atoms with E-state index in [0.717, 1.165) is 120 Å². The lowest BCUT2D eigenvalue weighted by atomic mass is 8.33. The summed E-state index contributed by atoms with van der Waals surface area (Å²) in [7, 11) is 0. The molecule has 30 aliphatic rings. The van der Waals surface area contributed by atoms with Gasteiger partial charge in [0.25, 0.3) is 0 Å². The fourth-order valence-corrected chi connectivity index (χ4v) is 54.7. The zero-order valence-corrected chi connectivity index (χ0v) is 35.1. The van der Waals surface area contributed by atoms with Crippen LogP contribution >= 0.6 is 0 Å². The van der Waals surface area contributed by atoms with E-state index >= 15 is 0 Å². The zero-order valence-electron chi connectivity index (χ0n) is 35.1. The van der Waals surface area contributed by atoms with Crippen LogP contribution in [-0.4, -0.2) is 0 Å². The van der Waals surface area contributed by atoms with Crippen molar-refractivity contribution in [2.75, 3.05) is 0 Å². The molecule has 0 aromatic rings. The van der Waals surface area contributed by atoms with Gasteiger partial charge in [-0.3, -0.25) is 0 Å². The summed E-state index contributed by atoms with van der Waals surface area (Å²) in [5, 5.41) is 0. The van der Waals surface area contributed by atoms with E-state index in [-0.39, 0.29) is 0 Å². The molecule has 0 aliphatic heterocycles. The monoisotopic (exact) mass is 712 g/mol. The molecule has 0 amide bonds. The second-order valence-electron chi connectivity index (χ2n) is 34.1. The highest BCUT2D eigenvalue weighted by Gasteiger charge is 3.71. The van der Waals surface area contributed by atoms with Crippen LogP contribution in [0.15, 0.2) is 0 Å². The van der Waals surface area contributed by atoms with Crippen molar-refractivity contribution < 1.29 is 0 Å². The molecule has 30 aliphatic carbocycles. The van der Waals surface area contributed by atoms with Crippen LogP contribution < -0.4 is 0 Å². The molecule has 30 rings (SSSR count). The standard InChI is InChI=1S/C55H52/c1-15-19-23-21-17-14-18-22-25-24-20-16(2)27(5)31(9)33(11)29(7)26(3,4)30(8)34(12)35(13)32(10)28(15,6)37(19)41(23)39(21)36(17,18)40(22)43(25)42(24)38(20,27)45(31)47(33)44(29,30)48(34)49(35)46(32,37)51(41)50(39,40)53(43)52(42,45)54(47,48)55(49,51)53/h15-25H,14H2,1-13H3. The molecule has 0 heteroatoms. The predicted molar refractivity (Wildman–Crippen MR) is 190 cm³/mol. The minimum absolute atomic E-state index is 0.455. The quantitative estimate of drug-likeness (QED) is 0.237. The van der Waals surface area contributed by atoms with Crippen LogP contribution in [0.1, 0.15) is 96.4 Å². The molecule has 0 bridgehead atoms. The summed E-state index contributed by atoms with van der Waals surface area (Å²) < 4.78 is 0. The van der Waals surface area contributed by atoms with Crippen molar-refractivity contribution in [3.63, 3.8) is 0 Å². The highest BCUT2D eigenvalue weighted by molar-refractivity contribution is 6.15. The second kappa shape index (κ2) is 3.31. The number of hydrogen-bond acceptors (Lipinski definition) is 0. The first-order valence-electron chi connectivity index (χ1n) is 25.9. The smallest absolute Gasteiger partial charge is 0.0000614 e. The first-order chi connectivity index (χ1) is 25.9. The topological polar surface area (TPSA) is 0 Å². The summed E-state index contributed by atoms with van der Waals surface area (Å²) in [4.78, 5) is 0. The number of fused-ring (bicyclic) bond motifs is 14. The van der Waals surface area contributed by atoms with Gasteiger partial charge < -0.3 is 0 Å². The normalized spacial score (nSPS) is 126. The van der Waals surface area contributed by atoms with E-state index in [0.29, 0.717) is 54.1 Å². The average molecular weight is 713 g/mol. The van der Waals surface area contributed by atoms with Crippen molar-refractivity contribution in [2.45, 2.75) is 96.4 Å². The van der Waals surface area contributed by atoms with Gasteiger partial charge in [0, 0.05) is 0 Å². The minimum Gasteiger partial charge on any atom is -0.0616 e. The summed E-state index contributed by atoms with van der Waals surface area (Å²) in [6, 6.07) is 0. The summed E-state index contributed by atoms with van der Waals surface area (Å²) in [5.41, 5.74) is 24.0. The van der Waals surface area contributed by atoms with Crippen molar-refractivity contribution in [3.8, 4) is 0 Å². The lowest BCUT2D eigenvalue weighted by Gasteiger charge is -3.68.